The Labute approximate surface area is 114 Å². The molecule has 1 aromatic carbocycles. The van der Waals surface area contributed by atoms with Gasteiger partial charge in [0, 0.05) is 22.7 Å². The second-order valence-electron chi connectivity index (χ2n) is 4.86. The molecule has 0 fully saturated rings. The summed E-state index contributed by atoms with van der Waals surface area (Å²) in [5, 5.41) is 23.4. The average Bonchev–Trinajstić information content (AvgIpc) is 2.40. The van der Waals surface area contributed by atoms with Crippen molar-refractivity contribution in [1.29, 1.82) is 0 Å². The summed E-state index contributed by atoms with van der Waals surface area (Å²) < 4.78 is 0. The summed E-state index contributed by atoms with van der Waals surface area (Å²) in [6.45, 7) is 5.48. The monoisotopic (exact) mass is 270 g/mol. The van der Waals surface area contributed by atoms with Crippen molar-refractivity contribution in [2.45, 2.75) is 13.5 Å². The van der Waals surface area contributed by atoms with Crippen LogP contribution in [0.4, 0.5) is 5.69 Å². The van der Waals surface area contributed by atoms with Gasteiger partial charge in [0.1, 0.15) is 0 Å². The largest absolute Gasteiger partial charge is 0.504 e. The first-order chi connectivity index (χ1) is 9.51. The Morgan fingerprint density at radius 1 is 1.35 bits per heavy atom. The van der Waals surface area contributed by atoms with Crippen molar-refractivity contribution in [3.8, 4) is 5.75 Å². The molecule has 0 spiro atoms. The van der Waals surface area contributed by atoms with E-state index in [9.17, 15) is 15.0 Å². The van der Waals surface area contributed by atoms with Gasteiger partial charge in [-0.2, -0.15) is 0 Å². The SMILES string of the molecule is C=C1C=C(C)c2cc3c(CO)cc(=O)[nH]c3c(O)c2N1. The van der Waals surface area contributed by atoms with Crippen LogP contribution < -0.4 is 10.9 Å². The molecule has 20 heavy (non-hydrogen) atoms. The molecule has 1 aliphatic heterocycles. The number of hydrogen-bond donors (Lipinski definition) is 4. The van der Waals surface area contributed by atoms with Gasteiger partial charge in [-0.1, -0.05) is 6.58 Å². The molecule has 2 heterocycles. The molecule has 0 saturated carbocycles. The summed E-state index contributed by atoms with van der Waals surface area (Å²) in [6, 6.07) is 3.18. The Kier molecular flexibility index (Phi) is 2.65. The van der Waals surface area contributed by atoms with E-state index in [1.807, 2.05) is 19.1 Å². The first-order valence-corrected chi connectivity index (χ1v) is 6.18. The normalized spacial score (nSPS) is 13.9. The standard InChI is InChI=1S/C15H14N2O3/c1-7-3-8(2)16-13-10(7)5-11-9(6-18)4-12(19)17-14(11)15(13)20/h3-5,16,18,20H,2,6H2,1H3,(H,17,19). The highest BCUT2D eigenvalue weighted by Crippen LogP contribution is 2.41. The van der Waals surface area contributed by atoms with E-state index in [2.05, 4.69) is 16.9 Å². The highest BCUT2D eigenvalue weighted by molar-refractivity contribution is 5.99. The third kappa shape index (κ3) is 1.71. The van der Waals surface area contributed by atoms with Gasteiger partial charge < -0.3 is 20.5 Å². The first kappa shape index (κ1) is 12.5. The van der Waals surface area contributed by atoms with E-state index in [0.29, 0.717) is 27.9 Å². The number of phenolic OH excluding ortho intramolecular Hbond substituents is 1. The summed E-state index contributed by atoms with van der Waals surface area (Å²) in [5.41, 5.74) is 3.41. The summed E-state index contributed by atoms with van der Waals surface area (Å²) in [7, 11) is 0. The Balaban J connectivity index is 2.46. The molecule has 2 aromatic rings. The van der Waals surface area contributed by atoms with E-state index in [0.717, 1.165) is 11.1 Å². The van der Waals surface area contributed by atoms with Crippen LogP contribution in [0.3, 0.4) is 0 Å². The predicted octanol–water partition coefficient (Wildman–Crippen LogP) is 2.07. The van der Waals surface area contributed by atoms with E-state index >= 15 is 0 Å². The second-order valence-corrected chi connectivity index (χ2v) is 4.86. The Hall–Kier alpha value is -2.53. The highest BCUT2D eigenvalue weighted by Gasteiger charge is 2.19. The maximum atomic E-state index is 11.6. The van der Waals surface area contributed by atoms with Crippen LogP contribution in [0.2, 0.25) is 0 Å². The van der Waals surface area contributed by atoms with Crippen molar-refractivity contribution in [1.82, 2.24) is 4.98 Å². The number of aromatic hydroxyl groups is 1. The molecule has 0 radical (unpaired) electrons. The molecular weight excluding hydrogens is 256 g/mol. The van der Waals surface area contributed by atoms with Crippen LogP contribution in [0.5, 0.6) is 5.75 Å². The zero-order valence-corrected chi connectivity index (χ0v) is 10.9. The number of benzene rings is 1. The maximum Gasteiger partial charge on any atom is 0.248 e. The highest BCUT2D eigenvalue weighted by atomic mass is 16.3. The van der Waals surface area contributed by atoms with Crippen molar-refractivity contribution in [2.24, 2.45) is 0 Å². The minimum Gasteiger partial charge on any atom is -0.504 e. The molecule has 1 aromatic heterocycles. The lowest BCUT2D eigenvalue weighted by atomic mass is 9.96. The fourth-order valence-electron chi connectivity index (χ4n) is 2.55. The maximum absolute atomic E-state index is 11.6. The van der Waals surface area contributed by atoms with Crippen LogP contribution in [0.25, 0.3) is 16.5 Å². The quantitative estimate of drug-likeness (QED) is 0.598. The molecule has 5 heteroatoms. The lowest BCUT2D eigenvalue weighted by molar-refractivity contribution is 0.283. The van der Waals surface area contributed by atoms with Gasteiger partial charge in [0.2, 0.25) is 5.56 Å². The number of allylic oxidation sites excluding steroid dienone is 2. The molecule has 4 N–H and O–H groups in total. The molecule has 0 atom stereocenters. The van der Waals surface area contributed by atoms with Gasteiger partial charge in [0.25, 0.3) is 0 Å². The number of hydrogen-bond acceptors (Lipinski definition) is 4. The van der Waals surface area contributed by atoms with E-state index in [4.69, 9.17) is 0 Å². The summed E-state index contributed by atoms with van der Waals surface area (Å²) >= 11 is 0. The Morgan fingerprint density at radius 3 is 2.80 bits per heavy atom. The van der Waals surface area contributed by atoms with Gasteiger partial charge in [-0.3, -0.25) is 4.79 Å². The first-order valence-electron chi connectivity index (χ1n) is 6.18. The van der Waals surface area contributed by atoms with E-state index in [1.165, 1.54) is 6.07 Å². The summed E-state index contributed by atoms with van der Waals surface area (Å²) in [6.07, 6.45) is 1.87. The van der Waals surface area contributed by atoms with Gasteiger partial charge in [0.15, 0.2) is 5.75 Å². The van der Waals surface area contributed by atoms with Crippen LogP contribution in [0, 0.1) is 0 Å². The number of nitrogens with one attached hydrogen (secondary N) is 2. The number of aliphatic hydroxyl groups is 1. The van der Waals surface area contributed by atoms with Crippen molar-refractivity contribution < 1.29 is 10.2 Å². The molecule has 0 aliphatic carbocycles. The third-order valence-electron chi connectivity index (χ3n) is 3.47. The molecule has 102 valence electrons. The molecule has 0 saturated heterocycles. The molecule has 1 aliphatic rings. The Morgan fingerprint density at radius 2 is 2.10 bits per heavy atom. The lowest BCUT2D eigenvalue weighted by Crippen LogP contribution is -2.10. The number of aliphatic hydroxyl groups excluding tert-OH is 1. The number of H-pyrrole nitrogens is 1. The minimum atomic E-state index is -0.362. The second kappa shape index (κ2) is 4.25. The fourth-order valence-corrected chi connectivity index (χ4v) is 2.55. The smallest absolute Gasteiger partial charge is 0.248 e. The summed E-state index contributed by atoms with van der Waals surface area (Å²) in [4.78, 5) is 14.2. The molecule has 3 rings (SSSR count). The number of pyridine rings is 1. The van der Waals surface area contributed by atoms with Gasteiger partial charge in [-0.05, 0) is 30.2 Å². The molecule has 5 nitrogen and oxygen atoms in total. The van der Waals surface area contributed by atoms with E-state index in [-0.39, 0.29) is 17.9 Å². The van der Waals surface area contributed by atoms with Crippen LogP contribution in [-0.4, -0.2) is 15.2 Å². The number of aromatic nitrogens is 1. The average molecular weight is 270 g/mol. The lowest BCUT2D eigenvalue weighted by Gasteiger charge is -2.21. The third-order valence-corrected chi connectivity index (χ3v) is 3.47. The molecule has 0 amide bonds. The minimum absolute atomic E-state index is 0.0431. The van der Waals surface area contributed by atoms with Crippen molar-refractivity contribution >= 4 is 22.2 Å². The number of rotatable bonds is 1. The molecular formula is C15H14N2O3. The Bertz CT molecular complexity index is 831. The van der Waals surface area contributed by atoms with Crippen molar-refractivity contribution in [2.75, 3.05) is 5.32 Å². The topological polar surface area (TPSA) is 85.3 Å². The number of fused-ring (bicyclic) bond motifs is 2. The van der Waals surface area contributed by atoms with E-state index in [1.54, 1.807) is 0 Å². The fraction of sp³-hybridized carbons (Fsp3) is 0.133. The van der Waals surface area contributed by atoms with Crippen LogP contribution in [-0.2, 0) is 6.61 Å². The van der Waals surface area contributed by atoms with Crippen molar-refractivity contribution in [3.05, 3.63) is 52.0 Å². The zero-order valence-electron chi connectivity index (χ0n) is 10.9. The molecule has 0 bridgehead atoms. The van der Waals surface area contributed by atoms with Crippen LogP contribution >= 0.6 is 0 Å². The van der Waals surface area contributed by atoms with Gasteiger partial charge in [-0.25, -0.2) is 0 Å². The van der Waals surface area contributed by atoms with Crippen LogP contribution in [0.15, 0.2) is 35.3 Å². The number of anilines is 1. The molecule has 0 unspecified atom stereocenters. The zero-order chi connectivity index (χ0) is 14.4. The number of aromatic amines is 1. The van der Waals surface area contributed by atoms with Crippen molar-refractivity contribution in [3.63, 3.8) is 0 Å². The van der Waals surface area contributed by atoms with Gasteiger partial charge in [0.05, 0.1) is 17.8 Å². The van der Waals surface area contributed by atoms with Crippen LogP contribution in [0.1, 0.15) is 18.1 Å². The van der Waals surface area contributed by atoms with E-state index < -0.39 is 0 Å². The predicted molar refractivity (Wildman–Crippen MR) is 78.6 cm³/mol. The van der Waals surface area contributed by atoms with Gasteiger partial charge in [-0.15, -0.1) is 0 Å². The summed E-state index contributed by atoms with van der Waals surface area (Å²) in [5.74, 6) is -0.0431. The number of phenols is 1. The van der Waals surface area contributed by atoms with Gasteiger partial charge >= 0.3 is 0 Å².